The highest BCUT2D eigenvalue weighted by Crippen LogP contribution is 2.24. The van der Waals surface area contributed by atoms with E-state index in [1.165, 1.54) is 42.5 Å². The van der Waals surface area contributed by atoms with Crippen LogP contribution in [0.5, 0.6) is 0 Å². The summed E-state index contributed by atoms with van der Waals surface area (Å²) < 4.78 is 0. The zero-order chi connectivity index (χ0) is 15.4. The number of likely N-dealkylation sites (tertiary alicyclic amines) is 1. The van der Waals surface area contributed by atoms with E-state index in [0.29, 0.717) is 18.0 Å². The predicted molar refractivity (Wildman–Crippen MR) is 91.4 cm³/mol. The summed E-state index contributed by atoms with van der Waals surface area (Å²) in [6.07, 6.45) is 5.14. The average Bonchev–Trinajstić information content (AvgIpc) is 2.45. The van der Waals surface area contributed by atoms with Gasteiger partial charge in [0.05, 0.1) is 0 Å². The fraction of sp³-hybridized carbons (Fsp3) is 0.684. The van der Waals surface area contributed by atoms with E-state index in [-0.39, 0.29) is 0 Å². The molecule has 1 aromatic rings. The van der Waals surface area contributed by atoms with E-state index in [9.17, 15) is 0 Å². The van der Waals surface area contributed by atoms with Crippen LogP contribution in [0.15, 0.2) is 18.2 Å². The lowest BCUT2D eigenvalue weighted by Crippen LogP contribution is -2.43. The van der Waals surface area contributed by atoms with Gasteiger partial charge in [-0.25, -0.2) is 0 Å². The first-order valence-corrected chi connectivity index (χ1v) is 8.53. The van der Waals surface area contributed by atoms with Crippen molar-refractivity contribution in [3.8, 4) is 0 Å². The van der Waals surface area contributed by atoms with Crippen molar-refractivity contribution < 1.29 is 0 Å². The van der Waals surface area contributed by atoms with Gasteiger partial charge in [0.25, 0.3) is 0 Å². The molecule has 1 heterocycles. The molecule has 1 aliphatic heterocycles. The second-order valence-electron chi connectivity index (χ2n) is 7.18. The van der Waals surface area contributed by atoms with Gasteiger partial charge in [0, 0.05) is 18.6 Å². The summed E-state index contributed by atoms with van der Waals surface area (Å²) in [5.41, 5.74) is 10.6. The Morgan fingerprint density at radius 2 is 1.95 bits per heavy atom. The van der Waals surface area contributed by atoms with Crippen LogP contribution >= 0.6 is 0 Å². The van der Waals surface area contributed by atoms with Crippen molar-refractivity contribution in [2.45, 2.75) is 72.0 Å². The summed E-state index contributed by atoms with van der Waals surface area (Å²) in [5.74, 6) is 0.579. The van der Waals surface area contributed by atoms with Gasteiger partial charge in [0.15, 0.2) is 0 Å². The summed E-state index contributed by atoms with van der Waals surface area (Å²) >= 11 is 0. The van der Waals surface area contributed by atoms with Crippen LogP contribution in [-0.2, 0) is 6.54 Å². The minimum absolute atomic E-state index is 0.329. The number of nitrogens with two attached hydrogens (primary N) is 1. The molecule has 2 rings (SSSR count). The number of nitrogens with zero attached hydrogens (tertiary/aromatic N) is 1. The van der Waals surface area contributed by atoms with Crippen molar-refractivity contribution in [3.05, 3.63) is 34.9 Å². The van der Waals surface area contributed by atoms with Crippen molar-refractivity contribution in [2.75, 3.05) is 6.54 Å². The van der Waals surface area contributed by atoms with Crippen molar-refractivity contribution in [1.29, 1.82) is 0 Å². The lowest BCUT2D eigenvalue weighted by molar-refractivity contribution is 0.121. The highest BCUT2D eigenvalue weighted by atomic mass is 15.2. The molecule has 1 saturated heterocycles. The molecule has 0 radical (unpaired) electrons. The van der Waals surface area contributed by atoms with Gasteiger partial charge in [0.2, 0.25) is 0 Å². The molecule has 1 aromatic carbocycles. The third-order valence-corrected chi connectivity index (χ3v) is 5.11. The number of aryl methyl sites for hydroxylation is 2. The Labute approximate surface area is 130 Å². The predicted octanol–water partition coefficient (Wildman–Crippen LogP) is 4.03. The molecule has 0 amide bonds. The molecule has 0 aromatic heterocycles. The summed E-state index contributed by atoms with van der Waals surface area (Å²) in [7, 11) is 0. The molecule has 1 fully saturated rings. The number of rotatable bonds is 5. The molecule has 2 atom stereocenters. The van der Waals surface area contributed by atoms with E-state index >= 15 is 0 Å². The van der Waals surface area contributed by atoms with Gasteiger partial charge in [-0.05, 0) is 62.3 Å². The molecule has 0 spiro atoms. The number of hydrogen-bond acceptors (Lipinski definition) is 2. The second-order valence-corrected chi connectivity index (χ2v) is 7.18. The maximum Gasteiger partial charge on any atom is 0.0236 e. The Hall–Kier alpha value is -0.860. The van der Waals surface area contributed by atoms with Crippen LogP contribution in [0, 0.1) is 19.8 Å². The van der Waals surface area contributed by atoms with Crippen LogP contribution in [0.4, 0.5) is 0 Å². The highest BCUT2D eigenvalue weighted by Gasteiger charge is 2.25. The standard InChI is InChI=1S/C19H32N2/c1-14(2)19(20)12-18-7-5-6-10-21(18)13-17-9-8-15(3)16(4)11-17/h8-9,11,14,18-19H,5-7,10,12-13,20H2,1-4H3. The molecule has 2 N–H and O–H groups in total. The molecule has 2 heteroatoms. The van der Waals surface area contributed by atoms with E-state index in [1.54, 1.807) is 0 Å². The first kappa shape index (κ1) is 16.5. The van der Waals surface area contributed by atoms with Crippen molar-refractivity contribution in [3.63, 3.8) is 0 Å². The van der Waals surface area contributed by atoms with Gasteiger partial charge < -0.3 is 5.73 Å². The Balaban J connectivity index is 2.02. The Morgan fingerprint density at radius 1 is 1.19 bits per heavy atom. The number of hydrogen-bond donors (Lipinski definition) is 1. The van der Waals surface area contributed by atoms with Crippen molar-refractivity contribution in [2.24, 2.45) is 11.7 Å². The third kappa shape index (κ3) is 4.55. The maximum atomic E-state index is 6.32. The van der Waals surface area contributed by atoms with Gasteiger partial charge in [-0.15, -0.1) is 0 Å². The summed E-state index contributed by atoms with van der Waals surface area (Å²) in [6, 6.07) is 7.89. The fourth-order valence-electron chi connectivity index (χ4n) is 3.26. The molecular formula is C19H32N2. The Kier molecular flexibility index (Phi) is 5.83. The van der Waals surface area contributed by atoms with E-state index in [1.807, 2.05) is 0 Å². The molecule has 21 heavy (non-hydrogen) atoms. The minimum atomic E-state index is 0.329. The molecule has 2 nitrogen and oxygen atoms in total. The molecular weight excluding hydrogens is 256 g/mol. The summed E-state index contributed by atoms with van der Waals surface area (Å²) in [5, 5.41) is 0. The van der Waals surface area contributed by atoms with Crippen LogP contribution < -0.4 is 5.73 Å². The molecule has 1 aliphatic rings. The topological polar surface area (TPSA) is 29.3 Å². The van der Waals surface area contributed by atoms with Crippen LogP contribution in [-0.4, -0.2) is 23.5 Å². The quantitative estimate of drug-likeness (QED) is 0.886. The van der Waals surface area contributed by atoms with E-state index in [4.69, 9.17) is 5.73 Å². The van der Waals surface area contributed by atoms with E-state index < -0.39 is 0 Å². The third-order valence-electron chi connectivity index (χ3n) is 5.11. The average molecular weight is 288 g/mol. The van der Waals surface area contributed by atoms with Crippen LogP contribution in [0.25, 0.3) is 0 Å². The van der Waals surface area contributed by atoms with Crippen LogP contribution in [0.1, 0.15) is 56.2 Å². The Bertz CT molecular complexity index is 453. The van der Waals surface area contributed by atoms with Gasteiger partial charge in [-0.2, -0.15) is 0 Å². The second kappa shape index (κ2) is 7.42. The molecule has 0 aliphatic carbocycles. The lowest BCUT2D eigenvalue weighted by atomic mass is 9.91. The molecule has 2 unspecified atom stereocenters. The van der Waals surface area contributed by atoms with E-state index in [0.717, 1.165) is 13.0 Å². The number of piperidine rings is 1. The summed E-state index contributed by atoms with van der Waals surface area (Å²) in [4.78, 5) is 2.66. The van der Waals surface area contributed by atoms with Crippen molar-refractivity contribution >= 4 is 0 Å². The van der Waals surface area contributed by atoms with Gasteiger partial charge in [-0.3, -0.25) is 4.90 Å². The number of benzene rings is 1. The molecule has 0 bridgehead atoms. The smallest absolute Gasteiger partial charge is 0.0236 e. The monoisotopic (exact) mass is 288 g/mol. The van der Waals surface area contributed by atoms with Crippen molar-refractivity contribution in [1.82, 2.24) is 4.90 Å². The SMILES string of the molecule is Cc1ccc(CN2CCCCC2CC(N)C(C)C)cc1C. The lowest BCUT2D eigenvalue weighted by Gasteiger charge is -2.38. The van der Waals surface area contributed by atoms with Crippen LogP contribution in [0.2, 0.25) is 0 Å². The van der Waals surface area contributed by atoms with Gasteiger partial charge in [0.1, 0.15) is 0 Å². The summed E-state index contributed by atoms with van der Waals surface area (Å²) in [6.45, 7) is 11.2. The zero-order valence-electron chi connectivity index (χ0n) is 14.2. The molecule has 0 saturated carbocycles. The largest absolute Gasteiger partial charge is 0.327 e. The first-order valence-electron chi connectivity index (χ1n) is 8.53. The maximum absolute atomic E-state index is 6.32. The molecule has 118 valence electrons. The minimum Gasteiger partial charge on any atom is -0.327 e. The van der Waals surface area contributed by atoms with E-state index in [2.05, 4.69) is 50.8 Å². The fourth-order valence-corrected chi connectivity index (χ4v) is 3.26. The van der Waals surface area contributed by atoms with Crippen LogP contribution in [0.3, 0.4) is 0 Å². The first-order chi connectivity index (χ1) is 9.97. The zero-order valence-corrected chi connectivity index (χ0v) is 14.2. The highest BCUT2D eigenvalue weighted by molar-refractivity contribution is 5.29. The normalized spacial score (nSPS) is 21.7. The van der Waals surface area contributed by atoms with Gasteiger partial charge >= 0.3 is 0 Å². The Morgan fingerprint density at radius 3 is 2.62 bits per heavy atom. The van der Waals surface area contributed by atoms with Gasteiger partial charge in [-0.1, -0.05) is 38.5 Å².